The van der Waals surface area contributed by atoms with Crippen molar-refractivity contribution in [1.29, 1.82) is 0 Å². The normalized spacial score (nSPS) is 9.94. The van der Waals surface area contributed by atoms with E-state index >= 15 is 0 Å². The fraction of sp³-hybridized carbons (Fsp3) is 0.429. The van der Waals surface area contributed by atoms with Gasteiger partial charge in [-0.3, -0.25) is 9.59 Å². The van der Waals surface area contributed by atoms with E-state index < -0.39 is 0 Å². The number of rotatable bonds is 7. The van der Waals surface area contributed by atoms with Gasteiger partial charge >= 0.3 is 0 Å². The summed E-state index contributed by atoms with van der Waals surface area (Å²) < 4.78 is 0. The Morgan fingerprint density at radius 1 is 1.12 bits per heavy atom. The average molecular weight is 233 g/mol. The summed E-state index contributed by atoms with van der Waals surface area (Å²) in [5.41, 5.74) is 0.592. The third kappa shape index (κ3) is 5.29. The molecule has 0 unspecified atom stereocenters. The first-order valence-corrected chi connectivity index (χ1v) is 6.09. The minimum absolute atomic E-state index is 0.0998. The molecule has 1 aromatic rings. The Hall–Kier alpha value is -1.64. The lowest BCUT2D eigenvalue weighted by Crippen LogP contribution is -2.29. The maximum atomic E-state index is 11.6. The van der Waals surface area contributed by atoms with E-state index in [1.165, 1.54) is 0 Å². The molecule has 3 nitrogen and oxygen atoms in total. The van der Waals surface area contributed by atoms with Crippen molar-refractivity contribution in [3.63, 3.8) is 0 Å². The van der Waals surface area contributed by atoms with Crippen LogP contribution in [0.5, 0.6) is 0 Å². The zero-order chi connectivity index (χ0) is 12.5. The zero-order valence-electron chi connectivity index (χ0n) is 10.2. The quantitative estimate of drug-likeness (QED) is 0.736. The molecule has 0 fully saturated rings. The van der Waals surface area contributed by atoms with Crippen LogP contribution in [0.1, 0.15) is 43.0 Å². The Bertz CT molecular complexity index is 360. The highest BCUT2D eigenvalue weighted by Gasteiger charge is 2.06. The van der Waals surface area contributed by atoms with Gasteiger partial charge in [0.05, 0.1) is 6.54 Å². The van der Waals surface area contributed by atoms with Crippen LogP contribution in [0.4, 0.5) is 0 Å². The smallest absolute Gasteiger partial charge is 0.251 e. The molecule has 0 saturated carbocycles. The van der Waals surface area contributed by atoms with Crippen molar-refractivity contribution < 1.29 is 9.59 Å². The predicted octanol–water partition coefficient (Wildman–Crippen LogP) is 2.57. The summed E-state index contributed by atoms with van der Waals surface area (Å²) in [5, 5.41) is 2.64. The fourth-order valence-corrected chi connectivity index (χ4v) is 1.53. The zero-order valence-corrected chi connectivity index (χ0v) is 10.2. The van der Waals surface area contributed by atoms with Crippen LogP contribution in [0.2, 0.25) is 0 Å². The van der Waals surface area contributed by atoms with Gasteiger partial charge in [-0.1, -0.05) is 38.0 Å². The molecule has 0 saturated heterocycles. The number of amides is 1. The number of nitrogens with one attached hydrogen (secondary N) is 1. The summed E-state index contributed by atoms with van der Waals surface area (Å²) in [6.07, 6.45) is 3.64. The van der Waals surface area contributed by atoms with E-state index in [2.05, 4.69) is 12.2 Å². The molecule has 1 amide bonds. The van der Waals surface area contributed by atoms with E-state index in [4.69, 9.17) is 0 Å². The third-order valence-corrected chi connectivity index (χ3v) is 2.54. The highest BCUT2D eigenvalue weighted by Crippen LogP contribution is 2.00. The molecule has 0 atom stereocenters. The number of Topliss-reactive ketones (excluding diaryl/α,β-unsaturated/α-hetero) is 1. The standard InChI is InChI=1S/C14H19NO2/c1-2-3-5-10-13(16)11-15-14(17)12-8-6-4-7-9-12/h4,6-9H,2-3,5,10-11H2,1H3,(H,15,17). The van der Waals surface area contributed by atoms with Gasteiger partial charge in [0, 0.05) is 12.0 Å². The number of ketones is 1. The SMILES string of the molecule is CCCCCC(=O)CNC(=O)c1ccccc1. The lowest BCUT2D eigenvalue weighted by Gasteiger charge is -2.04. The van der Waals surface area contributed by atoms with Gasteiger partial charge in [0.2, 0.25) is 0 Å². The molecular weight excluding hydrogens is 214 g/mol. The Labute approximate surface area is 102 Å². The minimum atomic E-state index is -0.186. The van der Waals surface area contributed by atoms with E-state index in [1.54, 1.807) is 24.3 Å². The number of unbranched alkanes of at least 4 members (excludes halogenated alkanes) is 2. The number of carbonyl (C=O) groups excluding carboxylic acids is 2. The summed E-state index contributed by atoms with van der Waals surface area (Å²) >= 11 is 0. The van der Waals surface area contributed by atoms with Crippen LogP contribution >= 0.6 is 0 Å². The molecule has 3 heteroatoms. The van der Waals surface area contributed by atoms with Crippen LogP contribution in [0.15, 0.2) is 30.3 Å². The van der Waals surface area contributed by atoms with Crippen LogP contribution in [0, 0.1) is 0 Å². The topological polar surface area (TPSA) is 46.2 Å². The minimum Gasteiger partial charge on any atom is -0.345 e. The van der Waals surface area contributed by atoms with Gasteiger partial charge in [0.15, 0.2) is 5.78 Å². The second-order valence-corrected chi connectivity index (χ2v) is 4.04. The van der Waals surface area contributed by atoms with Gasteiger partial charge in [-0.05, 0) is 18.6 Å². The maximum absolute atomic E-state index is 11.6. The lowest BCUT2D eigenvalue weighted by molar-refractivity contribution is -0.118. The second-order valence-electron chi connectivity index (χ2n) is 4.04. The van der Waals surface area contributed by atoms with Crippen LogP contribution in [0.3, 0.4) is 0 Å². The van der Waals surface area contributed by atoms with Crippen molar-refractivity contribution in [3.05, 3.63) is 35.9 Å². The van der Waals surface area contributed by atoms with E-state index in [-0.39, 0.29) is 18.2 Å². The van der Waals surface area contributed by atoms with Crippen LogP contribution in [-0.4, -0.2) is 18.2 Å². The first kappa shape index (κ1) is 13.4. The molecule has 0 aliphatic carbocycles. The molecule has 0 spiro atoms. The first-order chi connectivity index (χ1) is 8.24. The van der Waals surface area contributed by atoms with E-state index in [1.807, 2.05) is 6.07 Å². The van der Waals surface area contributed by atoms with Gasteiger partial charge in [-0.15, -0.1) is 0 Å². The van der Waals surface area contributed by atoms with Crippen molar-refractivity contribution >= 4 is 11.7 Å². The molecule has 1 rings (SSSR count). The highest BCUT2D eigenvalue weighted by atomic mass is 16.2. The lowest BCUT2D eigenvalue weighted by atomic mass is 10.1. The van der Waals surface area contributed by atoms with E-state index in [9.17, 15) is 9.59 Å². The summed E-state index contributed by atoms with van der Waals surface area (Å²) in [6.45, 7) is 2.24. The fourth-order valence-electron chi connectivity index (χ4n) is 1.53. The molecule has 1 N–H and O–H groups in total. The molecule has 0 heterocycles. The first-order valence-electron chi connectivity index (χ1n) is 6.09. The molecule has 0 bridgehead atoms. The molecule has 1 aromatic carbocycles. The number of hydrogen-bond donors (Lipinski definition) is 1. The van der Waals surface area contributed by atoms with Crippen molar-refractivity contribution in [2.45, 2.75) is 32.6 Å². The van der Waals surface area contributed by atoms with Gasteiger partial charge in [-0.2, -0.15) is 0 Å². The van der Waals surface area contributed by atoms with E-state index in [0.29, 0.717) is 12.0 Å². The number of hydrogen-bond acceptors (Lipinski definition) is 2. The maximum Gasteiger partial charge on any atom is 0.251 e. The van der Waals surface area contributed by atoms with Gasteiger partial charge in [0.25, 0.3) is 5.91 Å². The highest BCUT2D eigenvalue weighted by molar-refractivity contribution is 5.96. The Morgan fingerprint density at radius 2 is 1.82 bits per heavy atom. The summed E-state index contributed by atoms with van der Waals surface area (Å²) in [6, 6.07) is 8.93. The van der Waals surface area contributed by atoms with Crippen LogP contribution < -0.4 is 5.32 Å². The summed E-state index contributed by atoms with van der Waals surface area (Å²) in [7, 11) is 0. The number of carbonyl (C=O) groups is 2. The summed E-state index contributed by atoms with van der Waals surface area (Å²) in [4.78, 5) is 23.1. The summed E-state index contributed by atoms with van der Waals surface area (Å²) in [5.74, 6) is -0.0860. The second kappa shape index (κ2) is 7.60. The van der Waals surface area contributed by atoms with Gasteiger partial charge in [0.1, 0.15) is 0 Å². The monoisotopic (exact) mass is 233 g/mol. The molecular formula is C14H19NO2. The van der Waals surface area contributed by atoms with Crippen LogP contribution in [-0.2, 0) is 4.79 Å². The molecule has 17 heavy (non-hydrogen) atoms. The van der Waals surface area contributed by atoms with Crippen LogP contribution in [0.25, 0.3) is 0 Å². The molecule has 0 aliphatic rings. The van der Waals surface area contributed by atoms with E-state index in [0.717, 1.165) is 19.3 Å². The molecule has 92 valence electrons. The Balaban J connectivity index is 2.26. The van der Waals surface area contributed by atoms with Crippen molar-refractivity contribution in [2.24, 2.45) is 0 Å². The van der Waals surface area contributed by atoms with Gasteiger partial charge < -0.3 is 5.32 Å². The third-order valence-electron chi connectivity index (χ3n) is 2.54. The van der Waals surface area contributed by atoms with Gasteiger partial charge in [-0.25, -0.2) is 0 Å². The predicted molar refractivity (Wildman–Crippen MR) is 67.9 cm³/mol. The molecule has 0 aliphatic heterocycles. The Morgan fingerprint density at radius 3 is 2.47 bits per heavy atom. The van der Waals surface area contributed by atoms with Crippen molar-refractivity contribution in [1.82, 2.24) is 5.32 Å². The average Bonchev–Trinajstić information content (AvgIpc) is 2.37. The Kier molecular flexibility index (Phi) is 6.00. The largest absolute Gasteiger partial charge is 0.345 e. The molecule has 0 radical (unpaired) electrons. The number of benzene rings is 1. The molecule has 0 aromatic heterocycles. The van der Waals surface area contributed by atoms with Crippen molar-refractivity contribution in [3.8, 4) is 0 Å². The van der Waals surface area contributed by atoms with Crippen molar-refractivity contribution in [2.75, 3.05) is 6.54 Å².